The van der Waals surface area contributed by atoms with Crippen molar-refractivity contribution in [2.45, 2.75) is 32.4 Å². The summed E-state index contributed by atoms with van der Waals surface area (Å²) in [4.78, 5) is 12.4. The standard InChI is InChI=1S/C21H24FN3O/c1-15(2)21(3,14-23)25-19(26)13-24-20(16-7-5-4-6-8-16)17-9-11-18(22)12-10-17/h4-12,15,20,24H,13H2,1-3H3,(H,25,26). The molecule has 0 fully saturated rings. The fraction of sp³-hybridized carbons (Fsp3) is 0.333. The average molecular weight is 353 g/mol. The van der Waals surface area contributed by atoms with Gasteiger partial charge in [-0.15, -0.1) is 0 Å². The first-order valence-electron chi connectivity index (χ1n) is 8.62. The third-order valence-electron chi connectivity index (χ3n) is 4.59. The van der Waals surface area contributed by atoms with Gasteiger partial charge in [0.05, 0.1) is 18.7 Å². The summed E-state index contributed by atoms with van der Waals surface area (Å²) in [5.41, 5.74) is 0.910. The Bertz CT molecular complexity index is 768. The fourth-order valence-corrected chi connectivity index (χ4v) is 2.56. The van der Waals surface area contributed by atoms with Gasteiger partial charge in [0.15, 0.2) is 0 Å². The Hall–Kier alpha value is -2.71. The van der Waals surface area contributed by atoms with Crippen molar-refractivity contribution in [1.29, 1.82) is 5.26 Å². The van der Waals surface area contributed by atoms with Gasteiger partial charge in [0.25, 0.3) is 0 Å². The van der Waals surface area contributed by atoms with E-state index in [1.165, 1.54) is 12.1 Å². The van der Waals surface area contributed by atoms with Crippen molar-refractivity contribution in [2.24, 2.45) is 5.92 Å². The van der Waals surface area contributed by atoms with Crippen molar-refractivity contribution in [1.82, 2.24) is 10.6 Å². The molecule has 2 atom stereocenters. The number of rotatable bonds is 7. The minimum atomic E-state index is -0.920. The van der Waals surface area contributed by atoms with Gasteiger partial charge in [-0.05, 0) is 36.1 Å². The lowest BCUT2D eigenvalue weighted by molar-refractivity contribution is -0.121. The Labute approximate surface area is 154 Å². The molecule has 0 aliphatic rings. The first-order valence-corrected chi connectivity index (χ1v) is 8.62. The summed E-state index contributed by atoms with van der Waals surface area (Å²) < 4.78 is 13.3. The van der Waals surface area contributed by atoms with Crippen molar-refractivity contribution >= 4 is 5.91 Å². The van der Waals surface area contributed by atoms with Crippen LogP contribution < -0.4 is 10.6 Å². The second-order valence-corrected chi connectivity index (χ2v) is 6.79. The molecule has 2 N–H and O–H groups in total. The Morgan fingerprint density at radius 1 is 1.12 bits per heavy atom. The number of hydrogen-bond donors (Lipinski definition) is 2. The maximum absolute atomic E-state index is 13.3. The first kappa shape index (κ1) is 19.6. The highest BCUT2D eigenvalue weighted by molar-refractivity contribution is 5.79. The van der Waals surface area contributed by atoms with E-state index in [1.807, 2.05) is 44.2 Å². The van der Waals surface area contributed by atoms with Crippen LogP contribution in [0, 0.1) is 23.1 Å². The number of nitrogens with one attached hydrogen (secondary N) is 2. The summed E-state index contributed by atoms with van der Waals surface area (Å²) >= 11 is 0. The van der Waals surface area contributed by atoms with Gasteiger partial charge in [-0.1, -0.05) is 56.3 Å². The molecule has 2 aromatic rings. The highest BCUT2D eigenvalue weighted by atomic mass is 19.1. The van der Waals surface area contributed by atoms with Gasteiger partial charge < -0.3 is 5.32 Å². The zero-order chi connectivity index (χ0) is 19.2. The van der Waals surface area contributed by atoms with Gasteiger partial charge in [-0.2, -0.15) is 5.26 Å². The monoisotopic (exact) mass is 353 g/mol. The molecule has 0 spiro atoms. The van der Waals surface area contributed by atoms with Crippen LogP contribution in [0.4, 0.5) is 4.39 Å². The Morgan fingerprint density at radius 3 is 2.23 bits per heavy atom. The predicted octanol–water partition coefficient (Wildman–Crippen LogP) is 3.56. The van der Waals surface area contributed by atoms with E-state index in [0.717, 1.165) is 11.1 Å². The minimum Gasteiger partial charge on any atom is -0.337 e. The number of amides is 1. The van der Waals surface area contributed by atoms with Gasteiger partial charge in [0.2, 0.25) is 5.91 Å². The molecular formula is C21H24FN3O. The van der Waals surface area contributed by atoms with Crippen molar-refractivity contribution in [3.63, 3.8) is 0 Å². The Balaban J connectivity index is 2.14. The van der Waals surface area contributed by atoms with Crippen molar-refractivity contribution < 1.29 is 9.18 Å². The van der Waals surface area contributed by atoms with Crippen LogP contribution >= 0.6 is 0 Å². The topological polar surface area (TPSA) is 64.9 Å². The van der Waals surface area contributed by atoms with Gasteiger partial charge in [-0.3, -0.25) is 10.1 Å². The number of nitrogens with zero attached hydrogens (tertiary/aromatic N) is 1. The van der Waals surface area contributed by atoms with Crippen LogP contribution in [-0.4, -0.2) is 18.0 Å². The summed E-state index contributed by atoms with van der Waals surface area (Å²) in [7, 11) is 0. The third kappa shape index (κ3) is 4.90. The summed E-state index contributed by atoms with van der Waals surface area (Å²) in [5.74, 6) is -0.579. The van der Waals surface area contributed by atoms with E-state index in [4.69, 9.17) is 0 Å². The summed E-state index contributed by atoms with van der Waals surface area (Å²) in [6.45, 7) is 5.54. The van der Waals surface area contributed by atoms with Crippen LogP contribution in [0.15, 0.2) is 54.6 Å². The van der Waals surface area contributed by atoms with Gasteiger partial charge >= 0.3 is 0 Å². The second kappa shape index (κ2) is 8.59. The quantitative estimate of drug-likeness (QED) is 0.800. The summed E-state index contributed by atoms with van der Waals surface area (Å²) in [6.07, 6.45) is 0. The summed E-state index contributed by atoms with van der Waals surface area (Å²) in [5, 5.41) is 15.3. The van der Waals surface area contributed by atoms with Crippen LogP contribution in [0.2, 0.25) is 0 Å². The maximum Gasteiger partial charge on any atom is 0.235 e. The number of benzene rings is 2. The van der Waals surface area contributed by atoms with E-state index in [2.05, 4.69) is 16.7 Å². The Kier molecular flexibility index (Phi) is 6.48. The lowest BCUT2D eigenvalue weighted by atomic mass is 9.90. The van der Waals surface area contributed by atoms with Gasteiger partial charge in [0, 0.05) is 0 Å². The van der Waals surface area contributed by atoms with E-state index in [9.17, 15) is 14.4 Å². The van der Waals surface area contributed by atoms with Gasteiger partial charge in [-0.25, -0.2) is 4.39 Å². The molecule has 4 nitrogen and oxygen atoms in total. The van der Waals surface area contributed by atoms with E-state index in [1.54, 1.807) is 19.1 Å². The predicted molar refractivity (Wildman–Crippen MR) is 99.7 cm³/mol. The normalized spacial score (nSPS) is 14.3. The van der Waals surface area contributed by atoms with Crippen molar-refractivity contribution in [3.8, 4) is 6.07 Å². The molecule has 5 heteroatoms. The molecule has 0 aliphatic heterocycles. The average Bonchev–Trinajstić information content (AvgIpc) is 2.64. The third-order valence-corrected chi connectivity index (χ3v) is 4.59. The molecule has 2 unspecified atom stereocenters. The van der Waals surface area contributed by atoms with Crippen LogP contribution in [-0.2, 0) is 4.79 Å². The smallest absolute Gasteiger partial charge is 0.235 e. The molecule has 1 amide bonds. The van der Waals surface area contributed by atoms with Gasteiger partial charge in [0.1, 0.15) is 11.4 Å². The fourth-order valence-electron chi connectivity index (χ4n) is 2.56. The molecule has 136 valence electrons. The van der Waals surface area contributed by atoms with E-state index < -0.39 is 5.54 Å². The van der Waals surface area contributed by atoms with Crippen LogP contribution in [0.5, 0.6) is 0 Å². The van der Waals surface area contributed by atoms with Crippen molar-refractivity contribution in [3.05, 3.63) is 71.5 Å². The number of carbonyl (C=O) groups is 1. The molecule has 2 aromatic carbocycles. The van der Waals surface area contributed by atoms with E-state index in [0.29, 0.717) is 0 Å². The first-order chi connectivity index (χ1) is 12.4. The highest BCUT2D eigenvalue weighted by Crippen LogP contribution is 2.22. The second-order valence-electron chi connectivity index (χ2n) is 6.79. The summed E-state index contributed by atoms with van der Waals surface area (Å²) in [6, 6.07) is 17.8. The molecule has 26 heavy (non-hydrogen) atoms. The molecule has 0 bridgehead atoms. The molecule has 0 aliphatic carbocycles. The molecule has 0 aromatic heterocycles. The molecule has 0 heterocycles. The number of nitriles is 1. The SMILES string of the molecule is CC(C)C(C)(C#N)NC(=O)CNC(c1ccccc1)c1ccc(F)cc1. The molecule has 0 radical (unpaired) electrons. The lowest BCUT2D eigenvalue weighted by Crippen LogP contribution is -2.51. The highest BCUT2D eigenvalue weighted by Gasteiger charge is 2.30. The lowest BCUT2D eigenvalue weighted by Gasteiger charge is -2.28. The van der Waals surface area contributed by atoms with Crippen molar-refractivity contribution in [2.75, 3.05) is 6.54 Å². The minimum absolute atomic E-state index is 0.0153. The van der Waals surface area contributed by atoms with Crippen LogP contribution in [0.1, 0.15) is 37.9 Å². The largest absolute Gasteiger partial charge is 0.337 e. The number of carbonyl (C=O) groups excluding carboxylic acids is 1. The van der Waals surface area contributed by atoms with Crippen LogP contribution in [0.25, 0.3) is 0 Å². The van der Waals surface area contributed by atoms with Crippen LogP contribution in [0.3, 0.4) is 0 Å². The zero-order valence-electron chi connectivity index (χ0n) is 15.3. The molecular weight excluding hydrogens is 329 g/mol. The maximum atomic E-state index is 13.3. The molecule has 2 rings (SSSR count). The Morgan fingerprint density at radius 2 is 1.69 bits per heavy atom. The zero-order valence-corrected chi connectivity index (χ0v) is 15.3. The van der Waals surface area contributed by atoms with E-state index in [-0.39, 0.29) is 30.2 Å². The molecule has 0 saturated carbocycles. The molecule has 0 saturated heterocycles. The number of halogens is 1. The van der Waals surface area contributed by atoms with E-state index >= 15 is 0 Å². The number of hydrogen-bond acceptors (Lipinski definition) is 3.